The van der Waals surface area contributed by atoms with E-state index < -0.39 is 29.7 Å². The van der Waals surface area contributed by atoms with Crippen molar-refractivity contribution in [3.8, 4) is 0 Å². The van der Waals surface area contributed by atoms with E-state index in [1.165, 1.54) is 0 Å². The second kappa shape index (κ2) is 9.23. The Morgan fingerprint density at radius 3 is 2.73 bits per heavy atom. The van der Waals surface area contributed by atoms with Gasteiger partial charge in [0.15, 0.2) is 0 Å². The predicted molar refractivity (Wildman–Crippen MR) is 98.0 cm³/mol. The van der Waals surface area contributed by atoms with E-state index in [-0.39, 0.29) is 17.7 Å². The number of amides is 2. The van der Waals surface area contributed by atoms with Gasteiger partial charge >= 0.3 is 0 Å². The van der Waals surface area contributed by atoms with Crippen LogP contribution in [0.25, 0.3) is 0 Å². The highest BCUT2D eigenvalue weighted by Gasteiger charge is 2.33. The predicted octanol–water partition coefficient (Wildman–Crippen LogP) is 0.0711. The summed E-state index contributed by atoms with van der Waals surface area (Å²) in [6.07, 6.45) is 3.66. The van der Waals surface area contributed by atoms with Crippen molar-refractivity contribution in [3.05, 3.63) is 30.1 Å². The van der Waals surface area contributed by atoms with Gasteiger partial charge in [0, 0.05) is 18.9 Å². The molecule has 0 saturated carbocycles. The van der Waals surface area contributed by atoms with Gasteiger partial charge in [-0.1, -0.05) is 13.8 Å². The minimum absolute atomic E-state index is 0.0865. The molecule has 0 radical (unpaired) electrons. The van der Waals surface area contributed by atoms with Crippen LogP contribution in [0.1, 0.15) is 25.8 Å². The maximum atomic E-state index is 12.5. The summed E-state index contributed by atoms with van der Waals surface area (Å²) in [6, 6.07) is 2.10. The lowest BCUT2D eigenvalue weighted by atomic mass is 10.0. The second-order valence-electron chi connectivity index (χ2n) is 6.27. The van der Waals surface area contributed by atoms with Crippen molar-refractivity contribution < 1.29 is 19.1 Å². The van der Waals surface area contributed by atoms with Gasteiger partial charge in [0.2, 0.25) is 11.7 Å². The first-order valence-electron chi connectivity index (χ1n) is 8.33. The molecule has 0 aliphatic carbocycles. The number of hydrogen-bond acceptors (Lipinski definition) is 6. The molecule has 26 heavy (non-hydrogen) atoms. The molecule has 9 heteroatoms. The number of nitrogens with zero attached hydrogens (tertiary/aromatic N) is 1. The van der Waals surface area contributed by atoms with E-state index in [4.69, 9.17) is 17.0 Å². The first kappa shape index (κ1) is 19.8. The van der Waals surface area contributed by atoms with Crippen LogP contribution in [-0.2, 0) is 25.7 Å². The summed E-state index contributed by atoms with van der Waals surface area (Å²) in [5, 5.41) is 8.03. The Bertz CT molecular complexity index is 681. The molecular weight excluding hydrogens is 356 g/mol. The van der Waals surface area contributed by atoms with Gasteiger partial charge in [0.1, 0.15) is 12.6 Å². The summed E-state index contributed by atoms with van der Waals surface area (Å²) in [5.74, 6) is -1.82. The molecule has 2 heterocycles. The topological polar surface area (TPSA) is 109 Å². The number of carbonyl (C=O) groups excluding carboxylic acids is 3. The molecule has 3 N–H and O–H groups in total. The van der Waals surface area contributed by atoms with Crippen LogP contribution in [0.3, 0.4) is 0 Å². The Hall–Kier alpha value is -2.55. The van der Waals surface area contributed by atoms with Crippen molar-refractivity contribution in [1.29, 1.82) is 0 Å². The SMILES string of the molecule is CC(C)C(NC(=S)OCc1ccncc1)C(=O)NC1CCNC(=O)C1=O. The highest BCUT2D eigenvalue weighted by atomic mass is 32.1. The first-order chi connectivity index (χ1) is 12.4. The number of ether oxygens (including phenoxy) is 1. The zero-order chi connectivity index (χ0) is 19.1. The highest BCUT2D eigenvalue weighted by molar-refractivity contribution is 7.80. The van der Waals surface area contributed by atoms with Crippen LogP contribution >= 0.6 is 12.2 Å². The quantitative estimate of drug-likeness (QED) is 0.475. The summed E-state index contributed by atoms with van der Waals surface area (Å²) in [7, 11) is 0. The van der Waals surface area contributed by atoms with E-state index in [1.54, 1.807) is 24.5 Å². The number of aromatic nitrogens is 1. The molecule has 0 bridgehead atoms. The Morgan fingerprint density at radius 1 is 1.38 bits per heavy atom. The van der Waals surface area contributed by atoms with Crippen LogP contribution in [0.4, 0.5) is 0 Å². The average Bonchev–Trinajstić information content (AvgIpc) is 2.62. The van der Waals surface area contributed by atoms with Crippen LogP contribution in [0.2, 0.25) is 0 Å². The number of nitrogens with one attached hydrogen (secondary N) is 3. The molecule has 1 aliphatic heterocycles. The zero-order valence-electron chi connectivity index (χ0n) is 14.7. The third-order valence-corrected chi connectivity index (χ3v) is 4.15. The van der Waals surface area contributed by atoms with Gasteiger partial charge < -0.3 is 20.7 Å². The molecule has 1 aromatic heterocycles. The molecule has 2 unspecified atom stereocenters. The normalized spacial score (nSPS) is 18.0. The lowest BCUT2D eigenvalue weighted by molar-refractivity contribution is -0.142. The fraction of sp³-hybridized carbons (Fsp3) is 0.471. The number of Topliss-reactive ketones (excluding diaryl/α,β-unsaturated/α-hetero) is 1. The molecule has 2 rings (SSSR count). The Labute approximate surface area is 157 Å². The Kier molecular flexibility index (Phi) is 7.02. The number of ketones is 1. The van der Waals surface area contributed by atoms with Crippen LogP contribution < -0.4 is 16.0 Å². The minimum Gasteiger partial charge on any atom is -0.466 e. The van der Waals surface area contributed by atoms with Crippen molar-refractivity contribution >= 4 is 35.0 Å². The lowest BCUT2D eigenvalue weighted by Gasteiger charge is -2.27. The van der Waals surface area contributed by atoms with Gasteiger partial charge in [-0.2, -0.15) is 0 Å². The molecule has 0 spiro atoms. The van der Waals surface area contributed by atoms with Gasteiger partial charge in [0.25, 0.3) is 11.1 Å². The Morgan fingerprint density at radius 2 is 2.08 bits per heavy atom. The number of rotatable bonds is 6. The summed E-state index contributed by atoms with van der Waals surface area (Å²) >= 11 is 5.15. The standard InChI is InChI=1S/C17H22N4O4S/c1-10(2)13(15(23)20-12-5-8-19-16(24)14(12)22)21-17(26)25-9-11-3-6-18-7-4-11/h3-4,6-7,10,12-13H,5,8-9H2,1-2H3,(H,19,24)(H,20,23)(H,21,26). The average molecular weight is 378 g/mol. The number of pyridine rings is 1. The molecule has 2 atom stereocenters. The fourth-order valence-corrected chi connectivity index (χ4v) is 2.62. The zero-order valence-corrected chi connectivity index (χ0v) is 15.5. The molecule has 0 aromatic carbocycles. The van der Waals surface area contributed by atoms with E-state index in [1.807, 2.05) is 13.8 Å². The smallest absolute Gasteiger partial charge is 0.289 e. The summed E-state index contributed by atoms with van der Waals surface area (Å²) < 4.78 is 5.47. The van der Waals surface area contributed by atoms with Crippen LogP contribution in [-0.4, -0.2) is 46.4 Å². The molecule has 2 amide bonds. The Balaban J connectivity index is 1.90. The number of hydrogen-bond donors (Lipinski definition) is 3. The maximum absolute atomic E-state index is 12.5. The van der Waals surface area contributed by atoms with Gasteiger partial charge in [-0.25, -0.2) is 0 Å². The van der Waals surface area contributed by atoms with E-state index >= 15 is 0 Å². The minimum atomic E-state index is -0.814. The monoisotopic (exact) mass is 378 g/mol. The molecule has 8 nitrogen and oxygen atoms in total. The van der Waals surface area contributed by atoms with Crippen molar-refractivity contribution in [2.45, 2.75) is 39.0 Å². The molecule has 1 aromatic rings. The van der Waals surface area contributed by atoms with E-state index in [0.29, 0.717) is 13.0 Å². The summed E-state index contributed by atoms with van der Waals surface area (Å²) in [6.45, 7) is 4.29. The second-order valence-corrected chi connectivity index (χ2v) is 6.64. The van der Waals surface area contributed by atoms with Gasteiger partial charge in [-0.05, 0) is 42.3 Å². The third kappa shape index (κ3) is 5.48. The largest absolute Gasteiger partial charge is 0.466 e. The van der Waals surface area contributed by atoms with E-state index in [0.717, 1.165) is 5.56 Å². The first-order valence-corrected chi connectivity index (χ1v) is 8.74. The van der Waals surface area contributed by atoms with Crippen LogP contribution in [0.5, 0.6) is 0 Å². The van der Waals surface area contributed by atoms with Crippen LogP contribution in [0, 0.1) is 5.92 Å². The molecule has 1 aliphatic rings. The molecular formula is C17H22N4O4S. The van der Waals surface area contributed by atoms with Crippen LogP contribution in [0.15, 0.2) is 24.5 Å². The third-order valence-electron chi connectivity index (χ3n) is 3.92. The lowest BCUT2D eigenvalue weighted by Crippen LogP contribution is -2.58. The number of thiocarbonyl (C=S) groups is 1. The molecule has 1 saturated heterocycles. The number of carbonyl (C=O) groups is 3. The molecule has 1 fully saturated rings. The fourth-order valence-electron chi connectivity index (χ4n) is 2.44. The van der Waals surface area contributed by atoms with Crippen molar-refractivity contribution in [3.63, 3.8) is 0 Å². The van der Waals surface area contributed by atoms with Gasteiger partial charge in [-0.3, -0.25) is 19.4 Å². The maximum Gasteiger partial charge on any atom is 0.289 e. The van der Waals surface area contributed by atoms with Crippen molar-refractivity contribution in [2.75, 3.05) is 6.54 Å². The van der Waals surface area contributed by atoms with Gasteiger partial charge in [-0.15, -0.1) is 0 Å². The molecule has 140 valence electrons. The summed E-state index contributed by atoms with van der Waals surface area (Å²) in [4.78, 5) is 39.7. The van der Waals surface area contributed by atoms with E-state index in [2.05, 4.69) is 20.9 Å². The van der Waals surface area contributed by atoms with Crippen molar-refractivity contribution in [2.24, 2.45) is 5.92 Å². The van der Waals surface area contributed by atoms with E-state index in [9.17, 15) is 14.4 Å². The van der Waals surface area contributed by atoms with Crippen molar-refractivity contribution in [1.82, 2.24) is 20.9 Å². The highest BCUT2D eigenvalue weighted by Crippen LogP contribution is 2.07. The number of piperidine rings is 1. The van der Waals surface area contributed by atoms with Gasteiger partial charge in [0.05, 0.1) is 6.04 Å². The summed E-state index contributed by atoms with van der Waals surface area (Å²) in [5.41, 5.74) is 0.897.